The number of fused-ring (bicyclic) bond motifs is 4. The van der Waals surface area contributed by atoms with E-state index in [1.807, 2.05) is 13.0 Å². The molecule has 0 aromatic carbocycles. The molecular formula is C14H19N3O. The molecule has 1 aromatic rings. The standard InChI is InChI=1S/C14H19N3O/c1-2-10-8-5-9(15)7-14(10,16)11-3-4-13(18)17-12(11)6-8/h2-4,8-9H,5-7,15-16H2,1H3,(H,17,18)/b10-2+/t8-,9+,14+/m0/s1. The summed E-state index contributed by atoms with van der Waals surface area (Å²) in [5, 5.41) is 0. The first kappa shape index (κ1) is 11.7. The van der Waals surface area contributed by atoms with Gasteiger partial charge < -0.3 is 16.5 Å². The molecule has 4 nitrogen and oxygen atoms in total. The van der Waals surface area contributed by atoms with Gasteiger partial charge in [0.25, 0.3) is 0 Å². The summed E-state index contributed by atoms with van der Waals surface area (Å²) in [5.74, 6) is 0.370. The molecule has 2 aliphatic rings. The van der Waals surface area contributed by atoms with Crippen LogP contribution in [-0.2, 0) is 12.0 Å². The Kier molecular flexibility index (Phi) is 2.47. The molecule has 0 aliphatic heterocycles. The maximum absolute atomic E-state index is 11.4. The third-order valence-electron chi connectivity index (χ3n) is 4.37. The van der Waals surface area contributed by atoms with E-state index in [0.717, 1.165) is 30.5 Å². The second kappa shape index (κ2) is 3.80. The van der Waals surface area contributed by atoms with Gasteiger partial charge in [-0.2, -0.15) is 0 Å². The first-order valence-corrected chi connectivity index (χ1v) is 6.48. The van der Waals surface area contributed by atoms with Crippen molar-refractivity contribution in [3.8, 4) is 0 Å². The van der Waals surface area contributed by atoms with Crippen LogP contribution in [-0.4, -0.2) is 11.0 Å². The molecule has 18 heavy (non-hydrogen) atoms. The number of nitrogens with one attached hydrogen (secondary N) is 1. The van der Waals surface area contributed by atoms with Crippen molar-refractivity contribution in [2.45, 2.75) is 37.8 Å². The van der Waals surface area contributed by atoms with Crippen molar-refractivity contribution in [2.24, 2.45) is 17.4 Å². The van der Waals surface area contributed by atoms with Crippen LogP contribution in [0.5, 0.6) is 0 Å². The molecule has 1 fully saturated rings. The van der Waals surface area contributed by atoms with E-state index in [0.29, 0.717) is 5.92 Å². The van der Waals surface area contributed by atoms with Gasteiger partial charge in [0, 0.05) is 17.8 Å². The van der Waals surface area contributed by atoms with Crippen molar-refractivity contribution in [2.75, 3.05) is 0 Å². The molecule has 0 unspecified atom stereocenters. The SMILES string of the molecule is C/C=C1\[C@@H]2Cc3[nH]c(=O)ccc3[C@@]1(N)C[C@H](N)C2. The number of aromatic nitrogens is 1. The van der Waals surface area contributed by atoms with E-state index < -0.39 is 5.54 Å². The van der Waals surface area contributed by atoms with Crippen molar-refractivity contribution in [3.05, 3.63) is 45.4 Å². The number of pyridine rings is 1. The highest BCUT2D eigenvalue weighted by atomic mass is 16.1. The molecule has 96 valence electrons. The first-order valence-electron chi connectivity index (χ1n) is 6.48. The van der Waals surface area contributed by atoms with Crippen molar-refractivity contribution >= 4 is 0 Å². The molecule has 2 bridgehead atoms. The van der Waals surface area contributed by atoms with Gasteiger partial charge in [-0.05, 0) is 49.3 Å². The smallest absolute Gasteiger partial charge is 0.248 e. The van der Waals surface area contributed by atoms with Gasteiger partial charge in [0.15, 0.2) is 0 Å². The highest BCUT2D eigenvalue weighted by Crippen LogP contribution is 2.47. The molecule has 4 heteroatoms. The predicted octanol–water partition coefficient (Wildman–Crippen LogP) is 0.769. The minimum Gasteiger partial charge on any atom is -0.328 e. The van der Waals surface area contributed by atoms with E-state index in [4.69, 9.17) is 11.5 Å². The average molecular weight is 245 g/mol. The minimum absolute atomic E-state index is 0.0522. The number of aromatic amines is 1. The third kappa shape index (κ3) is 1.49. The second-order valence-electron chi connectivity index (χ2n) is 5.53. The fourth-order valence-corrected chi connectivity index (χ4v) is 3.77. The Bertz CT molecular complexity index is 575. The third-order valence-corrected chi connectivity index (χ3v) is 4.37. The fourth-order valence-electron chi connectivity index (χ4n) is 3.77. The molecule has 0 spiro atoms. The van der Waals surface area contributed by atoms with E-state index >= 15 is 0 Å². The van der Waals surface area contributed by atoms with Crippen LogP contribution in [0.3, 0.4) is 0 Å². The fraction of sp³-hybridized carbons (Fsp3) is 0.500. The van der Waals surface area contributed by atoms with Gasteiger partial charge in [0.05, 0.1) is 5.54 Å². The maximum Gasteiger partial charge on any atom is 0.248 e. The summed E-state index contributed by atoms with van der Waals surface area (Å²) < 4.78 is 0. The number of nitrogens with two attached hydrogens (primary N) is 2. The van der Waals surface area contributed by atoms with E-state index in [-0.39, 0.29) is 11.6 Å². The molecule has 3 rings (SSSR count). The minimum atomic E-state index is -0.491. The molecule has 0 saturated heterocycles. The van der Waals surface area contributed by atoms with Crippen LogP contribution in [0.25, 0.3) is 0 Å². The molecular weight excluding hydrogens is 226 g/mol. The lowest BCUT2D eigenvalue weighted by molar-refractivity contribution is 0.266. The topological polar surface area (TPSA) is 84.9 Å². The van der Waals surface area contributed by atoms with Gasteiger partial charge in [-0.15, -0.1) is 0 Å². The highest BCUT2D eigenvalue weighted by molar-refractivity contribution is 5.45. The molecule has 0 amide bonds. The molecule has 1 heterocycles. The largest absolute Gasteiger partial charge is 0.328 e. The molecule has 1 saturated carbocycles. The molecule has 2 aliphatic carbocycles. The van der Waals surface area contributed by atoms with Gasteiger partial charge in [-0.25, -0.2) is 0 Å². The Hall–Kier alpha value is -1.39. The van der Waals surface area contributed by atoms with Crippen molar-refractivity contribution < 1.29 is 0 Å². The van der Waals surface area contributed by atoms with Crippen LogP contribution in [0.1, 0.15) is 31.0 Å². The van der Waals surface area contributed by atoms with Crippen LogP contribution in [0, 0.1) is 5.92 Å². The number of hydrogen-bond donors (Lipinski definition) is 3. The Balaban J connectivity index is 2.23. The summed E-state index contributed by atoms with van der Waals surface area (Å²) in [4.78, 5) is 14.4. The summed E-state index contributed by atoms with van der Waals surface area (Å²) in [6.07, 6.45) is 4.68. The van der Waals surface area contributed by atoms with Gasteiger partial charge in [0.1, 0.15) is 0 Å². The molecule has 5 N–H and O–H groups in total. The Labute approximate surface area is 106 Å². The van der Waals surface area contributed by atoms with Crippen molar-refractivity contribution in [1.82, 2.24) is 4.98 Å². The summed E-state index contributed by atoms with van der Waals surface area (Å²) >= 11 is 0. The van der Waals surface area contributed by atoms with Gasteiger partial charge in [-0.1, -0.05) is 6.08 Å². The first-order chi connectivity index (χ1) is 8.54. The zero-order valence-electron chi connectivity index (χ0n) is 10.6. The molecule has 0 radical (unpaired) electrons. The van der Waals surface area contributed by atoms with Crippen molar-refractivity contribution in [3.63, 3.8) is 0 Å². The summed E-state index contributed by atoms with van der Waals surface area (Å²) in [6, 6.07) is 3.57. The number of rotatable bonds is 0. The van der Waals surface area contributed by atoms with E-state index in [9.17, 15) is 4.79 Å². The quantitative estimate of drug-likeness (QED) is 0.590. The van der Waals surface area contributed by atoms with E-state index in [1.165, 1.54) is 5.57 Å². The summed E-state index contributed by atoms with van der Waals surface area (Å²) in [7, 11) is 0. The van der Waals surface area contributed by atoms with Gasteiger partial charge >= 0.3 is 0 Å². The predicted molar refractivity (Wildman–Crippen MR) is 71.1 cm³/mol. The van der Waals surface area contributed by atoms with Crippen molar-refractivity contribution in [1.29, 1.82) is 0 Å². The van der Waals surface area contributed by atoms with Gasteiger partial charge in [0.2, 0.25) is 5.56 Å². The maximum atomic E-state index is 11.4. The Morgan fingerprint density at radius 2 is 2.28 bits per heavy atom. The lowest BCUT2D eigenvalue weighted by Gasteiger charge is -2.48. The van der Waals surface area contributed by atoms with Crippen LogP contribution >= 0.6 is 0 Å². The Morgan fingerprint density at radius 1 is 1.50 bits per heavy atom. The van der Waals surface area contributed by atoms with Gasteiger partial charge in [-0.3, -0.25) is 4.79 Å². The Morgan fingerprint density at radius 3 is 3.00 bits per heavy atom. The monoisotopic (exact) mass is 245 g/mol. The lowest BCUT2D eigenvalue weighted by Crippen LogP contribution is -2.54. The molecule has 1 aromatic heterocycles. The number of H-pyrrole nitrogens is 1. The van der Waals surface area contributed by atoms with Crippen LogP contribution in [0.4, 0.5) is 0 Å². The lowest BCUT2D eigenvalue weighted by atomic mass is 9.61. The summed E-state index contributed by atoms with van der Waals surface area (Å²) in [6.45, 7) is 2.04. The van der Waals surface area contributed by atoms with Crippen LogP contribution in [0.15, 0.2) is 28.6 Å². The number of allylic oxidation sites excluding steroid dienone is 1. The zero-order chi connectivity index (χ0) is 12.9. The second-order valence-corrected chi connectivity index (χ2v) is 5.53. The normalized spacial score (nSPS) is 36.5. The summed E-state index contributed by atoms with van der Waals surface area (Å²) in [5.41, 5.74) is 15.5. The average Bonchev–Trinajstić information content (AvgIpc) is 2.26. The number of hydrogen-bond acceptors (Lipinski definition) is 3. The zero-order valence-corrected chi connectivity index (χ0v) is 10.6. The molecule has 3 atom stereocenters. The van der Waals surface area contributed by atoms with E-state index in [2.05, 4.69) is 11.1 Å². The van der Waals surface area contributed by atoms with E-state index in [1.54, 1.807) is 6.07 Å². The van der Waals surface area contributed by atoms with Crippen LogP contribution in [0.2, 0.25) is 0 Å². The highest BCUT2D eigenvalue weighted by Gasteiger charge is 2.46. The van der Waals surface area contributed by atoms with Crippen LogP contribution < -0.4 is 17.0 Å².